The normalized spacial score (nSPS) is 14.7. The molecule has 27 heavy (non-hydrogen) atoms. The zero-order valence-electron chi connectivity index (χ0n) is 12.8. The molecule has 13 heteroatoms. The Morgan fingerprint density at radius 1 is 0.704 bits per heavy atom. The van der Waals surface area contributed by atoms with Crippen LogP contribution in [0.15, 0.2) is 30.3 Å². The molecule has 0 N–H and O–H groups in total. The largest absolute Gasteiger partial charge is 0.384 e. The Morgan fingerprint density at radius 3 is 1.63 bits per heavy atom. The van der Waals surface area contributed by atoms with E-state index in [0.29, 0.717) is 5.56 Å². The second-order valence-corrected chi connectivity index (χ2v) is 6.32. The van der Waals surface area contributed by atoms with Gasteiger partial charge in [-0.15, -0.1) is 0 Å². The van der Waals surface area contributed by atoms with Crippen molar-refractivity contribution in [1.29, 1.82) is 0 Å². The van der Waals surface area contributed by atoms with Gasteiger partial charge in [-0.1, -0.05) is 30.3 Å². The lowest BCUT2D eigenvalue weighted by Gasteiger charge is -2.39. The van der Waals surface area contributed by atoms with Gasteiger partial charge < -0.3 is 0 Å². The molecule has 1 aromatic rings. The average Bonchev–Trinajstić information content (AvgIpc) is 2.54. The summed E-state index contributed by atoms with van der Waals surface area (Å²) in [5.41, 5.74) is 0.294. The number of alkyl halides is 12. The third-order valence-electron chi connectivity index (χ3n) is 3.34. The summed E-state index contributed by atoms with van der Waals surface area (Å²) in [4.78, 5) is 0. The maximum absolute atomic E-state index is 13.5. The minimum Gasteiger partial charge on any atom is -0.203 e. The van der Waals surface area contributed by atoms with Gasteiger partial charge in [-0.2, -0.15) is 55.7 Å². The molecule has 0 atom stereocenters. The van der Waals surface area contributed by atoms with Crippen molar-refractivity contribution >= 4 is 11.8 Å². The van der Waals surface area contributed by atoms with Gasteiger partial charge in [0.05, 0.1) is 5.75 Å². The van der Waals surface area contributed by atoms with Gasteiger partial charge in [-0.25, -0.2) is 8.78 Å². The smallest absolute Gasteiger partial charge is 0.203 e. The second kappa shape index (κ2) is 7.63. The Labute approximate surface area is 148 Å². The lowest BCUT2D eigenvalue weighted by molar-refractivity contribution is -0.409. The lowest BCUT2D eigenvalue weighted by Crippen LogP contribution is -2.69. The van der Waals surface area contributed by atoms with Gasteiger partial charge in [0.1, 0.15) is 0 Å². The fourth-order valence-electron chi connectivity index (χ4n) is 1.74. The molecular formula is C14H10F12S. The first kappa shape index (κ1) is 23.8. The maximum Gasteiger partial charge on any atom is 0.384 e. The highest BCUT2D eigenvalue weighted by Crippen LogP contribution is 2.58. The molecule has 0 aliphatic heterocycles. The van der Waals surface area contributed by atoms with Crippen LogP contribution in [0.25, 0.3) is 0 Å². The summed E-state index contributed by atoms with van der Waals surface area (Å²) in [6.07, 6.45) is -5.49. The number of hydrogen-bond acceptors (Lipinski definition) is 1. The Morgan fingerprint density at radius 2 is 1.19 bits per heavy atom. The first-order chi connectivity index (χ1) is 12.0. The SMILES string of the molecule is FC(F)C(F)(F)C(F)(F)C(F)(F)C(F)(F)C(F)(F)CSCc1ccccc1. The molecule has 0 spiro atoms. The van der Waals surface area contributed by atoms with Crippen molar-refractivity contribution in [2.45, 2.75) is 41.8 Å². The summed E-state index contributed by atoms with van der Waals surface area (Å²) in [6, 6.07) is 7.10. The zero-order chi connectivity index (χ0) is 21.3. The van der Waals surface area contributed by atoms with Crippen LogP contribution in [0.5, 0.6) is 0 Å². The second-order valence-electron chi connectivity index (χ2n) is 5.33. The van der Waals surface area contributed by atoms with Gasteiger partial charge in [-0.3, -0.25) is 0 Å². The van der Waals surface area contributed by atoms with Crippen LogP contribution in [-0.2, 0) is 5.75 Å². The highest BCUT2D eigenvalue weighted by molar-refractivity contribution is 7.98. The van der Waals surface area contributed by atoms with Crippen LogP contribution < -0.4 is 0 Å². The molecule has 156 valence electrons. The Kier molecular flexibility index (Phi) is 6.71. The first-order valence-electron chi connectivity index (χ1n) is 6.81. The number of benzene rings is 1. The highest BCUT2D eigenvalue weighted by Gasteiger charge is 2.87. The van der Waals surface area contributed by atoms with Crippen LogP contribution in [0, 0.1) is 0 Å². The molecular weight excluding hydrogens is 428 g/mol. The molecule has 0 aliphatic rings. The molecule has 1 aromatic carbocycles. The topological polar surface area (TPSA) is 0 Å². The molecule has 0 bridgehead atoms. The monoisotopic (exact) mass is 438 g/mol. The number of hydrogen-bond donors (Lipinski definition) is 0. The molecule has 0 saturated heterocycles. The summed E-state index contributed by atoms with van der Waals surface area (Å²) < 4.78 is 156. The quantitative estimate of drug-likeness (QED) is 0.405. The number of halogens is 12. The van der Waals surface area contributed by atoms with Crippen LogP contribution in [0.4, 0.5) is 52.7 Å². The summed E-state index contributed by atoms with van der Waals surface area (Å²) in [5, 5.41) is 0. The van der Waals surface area contributed by atoms with Crippen molar-refractivity contribution in [3.8, 4) is 0 Å². The maximum atomic E-state index is 13.5. The molecule has 0 aliphatic carbocycles. The lowest BCUT2D eigenvalue weighted by atomic mass is 9.95. The fourth-order valence-corrected chi connectivity index (χ4v) is 2.70. The molecule has 0 nitrogen and oxygen atoms in total. The van der Waals surface area contributed by atoms with E-state index in [2.05, 4.69) is 0 Å². The molecule has 0 unspecified atom stereocenters. The summed E-state index contributed by atoms with van der Waals surface area (Å²) in [7, 11) is 0. The van der Waals surface area contributed by atoms with Gasteiger partial charge in [0, 0.05) is 5.75 Å². The molecule has 1 rings (SSSR count). The van der Waals surface area contributed by atoms with Gasteiger partial charge in [0.2, 0.25) is 0 Å². The van der Waals surface area contributed by atoms with Gasteiger partial charge >= 0.3 is 36.0 Å². The van der Waals surface area contributed by atoms with E-state index in [1.807, 2.05) is 0 Å². The summed E-state index contributed by atoms with van der Waals surface area (Å²) in [5.74, 6) is -37.4. The van der Waals surface area contributed by atoms with E-state index >= 15 is 0 Å². The van der Waals surface area contributed by atoms with Crippen molar-refractivity contribution < 1.29 is 52.7 Å². The molecule has 0 fully saturated rings. The Bertz CT molecular complexity index is 614. The molecule has 0 heterocycles. The number of rotatable bonds is 9. The average molecular weight is 438 g/mol. The van der Waals surface area contributed by atoms with E-state index < -0.39 is 47.5 Å². The molecule has 0 radical (unpaired) electrons. The predicted molar refractivity (Wildman–Crippen MR) is 73.3 cm³/mol. The Balaban J connectivity index is 3.05. The Hall–Kier alpha value is -1.27. The minimum absolute atomic E-state index is 0.0632. The number of thioether (sulfide) groups is 1. The van der Waals surface area contributed by atoms with E-state index in [9.17, 15) is 52.7 Å². The van der Waals surface area contributed by atoms with E-state index in [0.717, 1.165) is 0 Å². The van der Waals surface area contributed by atoms with E-state index in [-0.39, 0.29) is 11.8 Å². The van der Waals surface area contributed by atoms with Gasteiger partial charge in [-0.05, 0) is 5.56 Å². The van der Waals surface area contributed by atoms with Crippen LogP contribution in [0.2, 0.25) is 0 Å². The minimum atomic E-state index is -7.46. The van der Waals surface area contributed by atoms with Gasteiger partial charge in [0.15, 0.2) is 0 Å². The summed E-state index contributed by atoms with van der Waals surface area (Å²) >= 11 is -0.0632. The summed E-state index contributed by atoms with van der Waals surface area (Å²) in [6.45, 7) is 0. The molecule has 0 aromatic heterocycles. The third kappa shape index (κ3) is 4.11. The van der Waals surface area contributed by atoms with Crippen molar-refractivity contribution in [1.82, 2.24) is 0 Å². The van der Waals surface area contributed by atoms with Crippen molar-refractivity contribution in [3.05, 3.63) is 35.9 Å². The van der Waals surface area contributed by atoms with Crippen LogP contribution in [-0.4, -0.2) is 41.8 Å². The van der Waals surface area contributed by atoms with Crippen LogP contribution in [0.3, 0.4) is 0 Å². The standard InChI is InChI=1S/C14H10F12S/c15-9(16)11(19,20)13(23,24)14(25,26)12(21,22)10(17,18)7-27-6-8-4-2-1-3-5-8/h1-5,9H,6-7H2. The first-order valence-corrected chi connectivity index (χ1v) is 7.96. The van der Waals surface area contributed by atoms with E-state index in [4.69, 9.17) is 0 Å². The van der Waals surface area contributed by atoms with E-state index in [1.165, 1.54) is 30.3 Å². The molecule has 0 saturated carbocycles. The fraction of sp³-hybridized carbons (Fsp3) is 0.571. The van der Waals surface area contributed by atoms with Crippen molar-refractivity contribution in [2.24, 2.45) is 0 Å². The zero-order valence-corrected chi connectivity index (χ0v) is 13.6. The highest BCUT2D eigenvalue weighted by atomic mass is 32.2. The van der Waals surface area contributed by atoms with Gasteiger partial charge in [0.25, 0.3) is 0 Å². The predicted octanol–water partition coefficient (Wildman–Crippen LogP) is 6.36. The van der Waals surface area contributed by atoms with Crippen molar-refractivity contribution in [2.75, 3.05) is 5.75 Å². The van der Waals surface area contributed by atoms with Crippen LogP contribution >= 0.6 is 11.8 Å². The van der Waals surface area contributed by atoms with Crippen molar-refractivity contribution in [3.63, 3.8) is 0 Å². The van der Waals surface area contributed by atoms with E-state index in [1.54, 1.807) is 0 Å². The molecule has 0 amide bonds. The third-order valence-corrected chi connectivity index (χ3v) is 4.44. The van der Waals surface area contributed by atoms with Crippen LogP contribution in [0.1, 0.15) is 5.56 Å².